The Balaban J connectivity index is 4.38. The van der Waals surface area contributed by atoms with Crippen LogP contribution in [0.3, 0.4) is 0 Å². The molecule has 0 aliphatic heterocycles. The van der Waals surface area contributed by atoms with Crippen LogP contribution in [0.25, 0.3) is 0 Å². The van der Waals surface area contributed by atoms with Gasteiger partial charge in [-0.25, -0.2) is 0 Å². The molecule has 0 N–H and O–H groups in total. The predicted molar refractivity (Wildman–Crippen MR) is 265 cm³/mol. The molecule has 0 radical (unpaired) electrons. The molecule has 6 heteroatoms. The van der Waals surface area contributed by atoms with Gasteiger partial charge in [-0.15, -0.1) is 0 Å². The van der Waals surface area contributed by atoms with Crippen LogP contribution in [-0.4, -0.2) is 37.2 Å². The molecule has 354 valence electrons. The van der Waals surface area contributed by atoms with E-state index in [0.29, 0.717) is 12.8 Å². The van der Waals surface area contributed by atoms with E-state index < -0.39 is 12.1 Å². The smallest absolute Gasteiger partial charge is 0.309 e. The highest BCUT2D eigenvalue weighted by molar-refractivity contribution is 5.72. The van der Waals surface area contributed by atoms with Gasteiger partial charge in [0.1, 0.15) is 13.2 Å². The van der Waals surface area contributed by atoms with Crippen molar-refractivity contribution < 1.29 is 28.6 Å². The van der Waals surface area contributed by atoms with Crippen molar-refractivity contribution in [3.8, 4) is 0 Å². The Labute approximate surface area is 382 Å². The van der Waals surface area contributed by atoms with E-state index >= 15 is 0 Å². The average molecular weight is 863 g/mol. The van der Waals surface area contributed by atoms with Crippen LogP contribution in [0.2, 0.25) is 0 Å². The highest BCUT2D eigenvalue weighted by atomic mass is 16.6. The molecule has 0 heterocycles. The molecule has 0 bridgehead atoms. The predicted octanol–water partition coefficient (Wildman–Crippen LogP) is 16.8. The Morgan fingerprint density at radius 3 is 1.13 bits per heavy atom. The summed E-state index contributed by atoms with van der Waals surface area (Å²) >= 11 is 0. The quantitative estimate of drug-likeness (QED) is 0.0263. The van der Waals surface area contributed by atoms with Crippen molar-refractivity contribution in [3.05, 3.63) is 85.1 Å². The summed E-state index contributed by atoms with van der Waals surface area (Å²) < 4.78 is 16.6. The van der Waals surface area contributed by atoms with Gasteiger partial charge in [-0.3, -0.25) is 14.4 Å². The Bertz CT molecular complexity index is 1220. The molecule has 0 spiro atoms. The van der Waals surface area contributed by atoms with Crippen molar-refractivity contribution in [1.82, 2.24) is 0 Å². The molecule has 0 aromatic rings. The molecule has 62 heavy (non-hydrogen) atoms. The van der Waals surface area contributed by atoms with Crippen molar-refractivity contribution in [2.45, 2.75) is 239 Å². The molecule has 0 aromatic carbocycles. The first-order chi connectivity index (χ1) is 30.5. The van der Waals surface area contributed by atoms with Gasteiger partial charge in [-0.05, 0) is 70.6 Å². The number of carbonyl (C=O) groups is 3. The summed E-state index contributed by atoms with van der Waals surface area (Å²) in [6, 6.07) is 0. The van der Waals surface area contributed by atoms with Gasteiger partial charge in [-0.1, -0.05) is 228 Å². The van der Waals surface area contributed by atoms with Crippen molar-refractivity contribution >= 4 is 17.9 Å². The summed E-state index contributed by atoms with van der Waals surface area (Å²) in [5.74, 6) is -1.05. The lowest BCUT2D eigenvalue weighted by molar-refractivity contribution is -0.166. The molecule has 0 aliphatic carbocycles. The van der Waals surface area contributed by atoms with Crippen LogP contribution < -0.4 is 0 Å². The van der Waals surface area contributed by atoms with Gasteiger partial charge >= 0.3 is 17.9 Å². The first kappa shape index (κ1) is 58.6. The fourth-order valence-electron chi connectivity index (χ4n) is 6.91. The molecule has 6 nitrogen and oxygen atoms in total. The monoisotopic (exact) mass is 863 g/mol. The Morgan fingerprint density at radius 2 is 0.694 bits per heavy atom. The van der Waals surface area contributed by atoms with E-state index in [4.69, 9.17) is 14.2 Å². The van der Waals surface area contributed by atoms with Gasteiger partial charge < -0.3 is 14.2 Å². The molecule has 0 aromatic heterocycles. The van der Waals surface area contributed by atoms with E-state index in [9.17, 15) is 14.4 Å². The first-order valence-electron chi connectivity index (χ1n) is 25.6. The Morgan fingerprint density at radius 1 is 0.355 bits per heavy atom. The average Bonchev–Trinajstić information content (AvgIpc) is 3.27. The summed E-state index contributed by atoms with van der Waals surface area (Å²) in [7, 11) is 0. The topological polar surface area (TPSA) is 78.9 Å². The molecule has 0 saturated carbocycles. The summed E-state index contributed by atoms with van der Waals surface area (Å²) in [6.07, 6.45) is 64.6. The molecule has 0 amide bonds. The third-order valence-electron chi connectivity index (χ3n) is 10.7. The standard InChI is InChI=1S/C56H94O6/c1-4-7-10-13-16-19-21-23-25-27-28-29-31-32-34-37-40-43-46-49-55(58)61-52-53(51-60-54(57)48-45-42-39-36-18-15-12-9-6-3)62-56(59)50-47-44-41-38-35-33-30-26-24-22-20-17-14-11-8-5-2/h7,9-10,12,16,18-19,23,25,28-29,36,42,45,53H,4-6,8,11,13-15,17,20-22,24,26-27,30-35,37-41,43-44,46-52H2,1-3H3/b10-7-,12-9-,19-16-,25-23-,29-28-,36-18-,45-42-. The third kappa shape index (κ3) is 47.6. The lowest BCUT2D eigenvalue weighted by Crippen LogP contribution is -2.30. The van der Waals surface area contributed by atoms with Crippen LogP contribution in [0.15, 0.2) is 85.1 Å². The highest BCUT2D eigenvalue weighted by Crippen LogP contribution is 2.15. The van der Waals surface area contributed by atoms with Crippen LogP contribution in [0.4, 0.5) is 0 Å². The van der Waals surface area contributed by atoms with Gasteiger partial charge in [0.15, 0.2) is 6.10 Å². The van der Waals surface area contributed by atoms with Crippen molar-refractivity contribution in [2.75, 3.05) is 13.2 Å². The molecule has 0 aliphatic rings. The highest BCUT2D eigenvalue weighted by Gasteiger charge is 2.19. The maximum absolute atomic E-state index is 12.8. The number of carbonyl (C=O) groups excluding carboxylic acids is 3. The van der Waals surface area contributed by atoms with Gasteiger partial charge in [0.05, 0.1) is 6.42 Å². The minimum absolute atomic E-state index is 0.110. The lowest BCUT2D eigenvalue weighted by atomic mass is 10.0. The Kier molecular flexibility index (Phi) is 47.5. The number of hydrogen-bond acceptors (Lipinski definition) is 6. The lowest BCUT2D eigenvalue weighted by Gasteiger charge is -2.18. The van der Waals surface area contributed by atoms with E-state index in [-0.39, 0.29) is 31.6 Å². The van der Waals surface area contributed by atoms with Gasteiger partial charge in [0.25, 0.3) is 0 Å². The molecular weight excluding hydrogens is 769 g/mol. The van der Waals surface area contributed by atoms with Crippen LogP contribution in [-0.2, 0) is 28.6 Å². The molecule has 0 rings (SSSR count). The van der Waals surface area contributed by atoms with E-state index in [2.05, 4.69) is 93.7 Å². The van der Waals surface area contributed by atoms with Crippen LogP contribution in [0, 0.1) is 0 Å². The van der Waals surface area contributed by atoms with E-state index in [1.165, 1.54) is 96.3 Å². The molecule has 1 unspecified atom stereocenters. The second kappa shape index (κ2) is 50.2. The number of ether oxygens (including phenoxy) is 3. The number of unbranched alkanes of at least 4 members (excludes halogenated alkanes) is 21. The van der Waals surface area contributed by atoms with Gasteiger partial charge in [0, 0.05) is 12.8 Å². The summed E-state index contributed by atoms with van der Waals surface area (Å²) in [5.41, 5.74) is 0. The normalized spacial score (nSPS) is 12.8. The first-order valence-corrected chi connectivity index (χ1v) is 25.6. The minimum atomic E-state index is -0.815. The van der Waals surface area contributed by atoms with Gasteiger partial charge in [0.2, 0.25) is 0 Å². The van der Waals surface area contributed by atoms with Crippen LogP contribution >= 0.6 is 0 Å². The zero-order chi connectivity index (χ0) is 45.1. The largest absolute Gasteiger partial charge is 0.462 e. The van der Waals surface area contributed by atoms with Crippen molar-refractivity contribution in [2.24, 2.45) is 0 Å². The van der Waals surface area contributed by atoms with Gasteiger partial charge in [-0.2, -0.15) is 0 Å². The van der Waals surface area contributed by atoms with E-state index in [0.717, 1.165) is 96.3 Å². The minimum Gasteiger partial charge on any atom is -0.462 e. The van der Waals surface area contributed by atoms with E-state index in [1.54, 1.807) is 6.08 Å². The molecule has 1 atom stereocenters. The fourth-order valence-corrected chi connectivity index (χ4v) is 6.91. The summed E-state index contributed by atoms with van der Waals surface area (Å²) in [6.45, 7) is 6.30. The Hall–Kier alpha value is -3.41. The third-order valence-corrected chi connectivity index (χ3v) is 10.7. The number of hydrogen-bond donors (Lipinski definition) is 0. The van der Waals surface area contributed by atoms with Crippen molar-refractivity contribution in [3.63, 3.8) is 0 Å². The molecule has 0 fully saturated rings. The zero-order valence-corrected chi connectivity index (χ0v) is 40.4. The van der Waals surface area contributed by atoms with E-state index in [1.807, 2.05) is 6.08 Å². The second-order valence-electron chi connectivity index (χ2n) is 16.7. The summed E-state index contributed by atoms with van der Waals surface area (Å²) in [5, 5.41) is 0. The SMILES string of the molecule is CC/C=C\C/C=C\C/C=C\C/C=C\CCCCCCCCC(=O)OCC(COC(=O)C/C=C\C/C=C\C/C=C\CC)OC(=O)CCCCCCCCCCCCCCCCCC. The van der Waals surface area contributed by atoms with Crippen molar-refractivity contribution in [1.29, 1.82) is 0 Å². The number of esters is 3. The zero-order valence-electron chi connectivity index (χ0n) is 40.4. The summed E-state index contributed by atoms with van der Waals surface area (Å²) in [4.78, 5) is 37.8. The van der Waals surface area contributed by atoms with Crippen LogP contribution in [0.5, 0.6) is 0 Å². The maximum Gasteiger partial charge on any atom is 0.309 e. The molecular formula is C56H94O6. The number of rotatable bonds is 45. The number of allylic oxidation sites excluding steroid dienone is 13. The molecule has 0 saturated heterocycles. The fraction of sp³-hybridized carbons (Fsp3) is 0.696. The second-order valence-corrected chi connectivity index (χ2v) is 16.7. The maximum atomic E-state index is 12.8. The van der Waals surface area contributed by atoms with Crippen LogP contribution in [0.1, 0.15) is 233 Å².